The second kappa shape index (κ2) is 3.36. The molecule has 3 nitrogen and oxygen atoms in total. The molecule has 0 saturated heterocycles. The quantitative estimate of drug-likeness (QED) is 0.504. The lowest BCUT2D eigenvalue weighted by molar-refractivity contribution is 0.368. The summed E-state index contributed by atoms with van der Waals surface area (Å²) in [5, 5.41) is 3.89. The molecule has 0 fully saturated rings. The summed E-state index contributed by atoms with van der Waals surface area (Å²) < 4.78 is 0. The van der Waals surface area contributed by atoms with Gasteiger partial charge in [-0.3, -0.25) is 9.99 Å². The lowest BCUT2D eigenvalue weighted by atomic mass is 10.4. The third kappa shape index (κ3) is 1.53. The summed E-state index contributed by atoms with van der Waals surface area (Å²) in [5.41, 5.74) is 0.949. The molecule has 1 aliphatic rings. The van der Waals surface area contributed by atoms with Crippen molar-refractivity contribution in [2.24, 2.45) is 0 Å². The van der Waals surface area contributed by atoms with Crippen LogP contribution in [-0.2, 0) is 0 Å². The van der Waals surface area contributed by atoms with Crippen molar-refractivity contribution in [3.05, 3.63) is 36.8 Å². The van der Waals surface area contributed by atoms with Crippen LogP contribution in [0.4, 0.5) is 5.69 Å². The van der Waals surface area contributed by atoms with Crippen molar-refractivity contribution in [1.29, 1.82) is 0 Å². The summed E-state index contributed by atoms with van der Waals surface area (Å²) in [6.07, 6.45) is 7.42. The van der Waals surface area contributed by atoms with Gasteiger partial charge in [-0.2, -0.15) is 5.01 Å². The molecular weight excluding hydrogens is 186 g/mol. The Morgan fingerprint density at radius 3 is 2.92 bits per heavy atom. The maximum Gasteiger partial charge on any atom is 0.123 e. The molecule has 1 aromatic heterocycles. The van der Waals surface area contributed by atoms with Gasteiger partial charge in [-0.15, -0.1) is 0 Å². The van der Waals surface area contributed by atoms with Crippen LogP contribution < -0.4 is 5.01 Å². The van der Waals surface area contributed by atoms with E-state index in [0.717, 1.165) is 5.69 Å². The Balaban J connectivity index is 2.24. The van der Waals surface area contributed by atoms with E-state index in [-0.39, 0.29) is 5.50 Å². The first-order valence-corrected chi connectivity index (χ1v) is 4.47. The van der Waals surface area contributed by atoms with E-state index in [9.17, 15) is 0 Å². The number of rotatable bonds is 1. The van der Waals surface area contributed by atoms with E-state index in [0.29, 0.717) is 0 Å². The van der Waals surface area contributed by atoms with Gasteiger partial charge in [-0.05, 0) is 18.2 Å². The van der Waals surface area contributed by atoms with Gasteiger partial charge in [0.1, 0.15) is 5.50 Å². The van der Waals surface area contributed by atoms with Crippen LogP contribution in [0, 0.1) is 0 Å². The average molecular weight is 196 g/mol. The molecule has 1 unspecified atom stereocenters. The van der Waals surface area contributed by atoms with Gasteiger partial charge in [-0.25, -0.2) is 0 Å². The average Bonchev–Trinajstić information content (AvgIpc) is 2.49. The monoisotopic (exact) mass is 195 g/mol. The minimum atomic E-state index is -0.0693. The third-order valence-corrected chi connectivity index (χ3v) is 2.42. The summed E-state index contributed by atoms with van der Waals surface area (Å²) >= 11 is 5.98. The van der Waals surface area contributed by atoms with Gasteiger partial charge in [-0.1, -0.05) is 11.6 Å². The van der Waals surface area contributed by atoms with E-state index in [4.69, 9.17) is 11.6 Å². The molecule has 0 aromatic carbocycles. The summed E-state index contributed by atoms with van der Waals surface area (Å²) in [6.45, 7) is 0. The molecule has 0 aliphatic carbocycles. The molecule has 13 heavy (non-hydrogen) atoms. The Bertz CT molecular complexity index is 312. The molecule has 0 amide bonds. The van der Waals surface area contributed by atoms with E-state index in [1.54, 1.807) is 12.4 Å². The fourth-order valence-corrected chi connectivity index (χ4v) is 1.42. The fourth-order valence-electron chi connectivity index (χ4n) is 1.26. The number of anilines is 1. The predicted octanol–water partition coefficient (Wildman–Crippen LogP) is 1.83. The number of hydrogen-bond donors (Lipinski definition) is 0. The number of pyridine rings is 1. The Morgan fingerprint density at radius 2 is 2.38 bits per heavy atom. The zero-order valence-electron chi connectivity index (χ0n) is 7.26. The standard InChI is InChI=1S/C9H10ClN3/c1-12-9(10)4-6-13(12)8-3-2-5-11-7-8/h2-7,9H,1H3. The largest absolute Gasteiger partial charge is 0.279 e. The van der Waals surface area contributed by atoms with Gasteiger partial charge in [0.25, 0.3) is 0 Å². The molecule has 1 aliphatic heterocycles. The maximum atomic E-state index is 5.98. The van der Waals surface area contributed by atoms with Gasteiger partial charge in [0, 0.05) is 19.4 Å². The van der Waals surface area contributed by atoms with Crippen LogP contribution in [0.3, 0.4) is 0 Å². The minimum absolute atomic E-state index is 0.0693. The molecule has 2 rings (SSSR count). The smallest absolute Gasteiger partial charge is 0.123 e. The molecule has 1 aromatic rings. The zero-order chi connectivity index (χ0) is 9.26. The molecule has 1 atom stereocenters. The van der Waals surface area contributed by atoms with Crippen LogP contribution in [0.5, 0.6) is 0 Å². The second-order valence-corrected chi connectivity index (χ2v) is 3.29. The Hall–Kier alpha value is -1.06. The second-order valence-electron chi connectivity index (χ2n) is 2.84. The van der Waals surface area contributed by atoms with Gasteiger partial charge in [0.2, 0.25) is 0 Å². The van der Waals surface area contributed by atoms with Crippen LogP contribution >= 0.6 is 11.6 Å². The van der Waals surface area contributed by atoms with Crippen LogP contribution in [0.2, 0.25) is 0 Å². The zero-order valence-corrected chi connectivity index (χ0v) is 8.02. The SMILES string of the molecule is CN1C(Cl)C=CN1c1cccnc1. The summed E-state index contributed by atoms with van der Waals surface area (Å²) in [6, 6.07) is 3.89. The van der Waals surface area contributed by atoms with E-state index in [2.05, 4.69) is 4.98 Å². The molecule has 0 radical (unpaired) electrons. The van der Waals surface area contributed by atoms with Crippen molar-refractivity contribution in [1.82, 2.24) is 9.99 Å². The van der Waals surface area contributed by atoms with Gasteiger partial charge in [0.05, 0.1) is 11.9 Å². The van der Waals surface area contributed by atoms with Crippen molar-refractivity contribution in [2.45, 2.75) is 5.50 Å². The normalized spacial score (nSPS) is 22.6. The Labute approximate surface area is 82.2 Å². The summed E-state index contributed by atoms with van der Waals surface area (Å²) in [7, 11) is 1.94. The van der Waals surface area contributed by atoms with E-state index >= 15 is 0 Å². The van der Waals surface area contributed by atoms with Crippen LogP contribution in [0.25, 0.3) is 0 Å². The Morgan fingerprint density at radius 1 is 1.54 bits per heavy atom. The van der Waals surface area contributed by atoms with Crippen molar-refractivity contribution in [3.63, 3.8) is 0 Å². The highest BCUT2D eigenvalue weighted by Gasteiger charge is 2.21. The summed E-state index contributed by atoms with van der Waals surface area (Å²) in [5.74, 6) is 0. The molecule has 4 heteroatoms. The molecule has 2 heterocycles. The molecule has 0 saturated carbocycles. The highest BCUT2D eigenvalue weighted by atomic mass is 35.5. The van der Waals surface area contributed by atoms with Crippen molar-refractivity contribution in [2.75, 3.05) is 12.1 Å². The van der Waals surface area contributed by atoms with Crippen molar-refractivity contribution < 1.29 is 0 Å². The predicted molar refractivity (Wildman–Crippen MR) is 53.3 cm³/mol. The minimum Gasteiger partial charge on any atom is -0.279 e. The van der Waals surface area contributed by atoms with Gasteiger partial charge >= 0.3 is 0 Å². The highest BCUT2D eigenvalue weighted by Crippen LogP contribution is 2.22. The number of alkyl halides is 1. The molecule has 0 bridgehead atoms. The van der Waals surface area contributed by atoms with Gasteiger partial charge in [0.15, 0.2) is 0 Å². The number of hydrogen-bond acceptors (Lipinski definition) is 3. The van der Waals surface area contributed by atoms with Crippen LogP contribution in [0.1, 0.15) is 0 Å². The van der Waals surface area contributed by atoms with Crippen LogP contribution in [-0.4, -0.2) is 22.5 Å². The lowest BCUT2D eigenvalue weighted by Gasteiger charge is -2.26. The lowest BCUT2D eigenvalue weighted by Crippen LogP contribution is -2.34. The van der Waals surface area contributed by atoms with E-state index in [1.165, 1.54) is 0 Å². The Kier molecular flexibility index (Phi) is 2.20. The molecular formula is C9H10ClN3. The van der Waals surface area contributed by atoms with E-state index in [1.807, 2.05) is 41.5 Å². The van der Waals surface area contributed by atoms with Crippen molar-refractivity contribution >= 4 is 17.3 Å². The highest BCUT2D eigenvalue weighted by molar-refractivity contribution is 6.21. The number of aromatic nitrogens is 1. The maximum absolute atomic E-state index is 5.98. The number of likely N-dealkylation sites (N-methyl/N-ethyl adjacent to an activating group) is 1. The molecule has 0 spiro atoms. The first kappa shape index (κ1) is 8.53. The molecule has 68 valence electrons. The van der Waals surface area contributed by atoms with Crippen LogP contribution in [0.15, 0.2) is 36.8 Å². The number of nitrogens with zero attached hydrogens (tertiary/aromatic N) is 3. The topological polar surface area (TPSA) is 19.4 Å². The third-order valence-electron chi connectivity index (χ3n) is 1.99. The van der Waals surface area contributed by atoms with Gasteiger partial charge < -0.3 is 0 Å². The number of halogens is 1. The first-order chi connectivity index (χ1) is 6.29. The number of hydrazine groups is 1. The van der Waals surface area contributed by atoms with E-state index < -0.39 is 0 Å². The fraction of sp³-hybridized carbons (Fsp3) is 0.222. The first-order valence-electron chi connectivity index (χ1n) is 4.03. The molecule has 0 N–H and O–H groups in total. The summed E-state index contributed by atoms with van der Waals surface area (Å²) in [4.78, 5) is 4.04. The van der Waals surface area contributed by atoms with Crippen molar-refractivity contribution in [3.8, 4) is 0 Å².